The van der Waals surface area contributed by atoms with Crippen LogP contribution in [0.5, 0.6) is 0 Å². The van der Waals surface area contributed by atoms with Gasteiger partial charge in [-0.2, -0.15) is 0 Å². The van der Waals surface area contributed by atoms with Gasteiger partial charge in [0.1, 0.15) is 5.15 Å². The van der Waals surface area contributed by atoms with Gasteiger partial charge in [0, 0.05) is 17.8 Å². The summed E-state index contributed by atoms with van der Waals surface area (Å²) in [5, 5.41) is 3.18. The summed E-state index contributed by atoms with van der Waals surface area (Å²) in [5.41, 5.74) is 0.719. The fraction of sp³-hybridized carbons (Fsp3) is 0.333. The standard InChI is InChI=1S/C9H9ClN2O/c10-8-5-7(3-4-11-8)12-9(13)6-1-2-6/h3-6H,1-2H2,(H,11,12,13). The predicted octanol–water partition coefficient (Wildman–Crippen LogP) is 2.08. The molecule has 13 heavy (non-hydrogen) atoms. The quantitative estimate of drug-likeness (QED) is 0.736. The Morgan fingerprint density at radius 2 is 2.38 bits per heavy atom. The molecule has 1 N–H and O–H groups in total. The van der Waals surface area contributed by atoms with Gasteiger partial charge in [0.25, 0.3) is 0 Å². The van der Waals surface area contributed by atoms with Crippen molar-refractivity contribution in [2.45, 2.75) is 12.8 Å². The highest BCUT2D eigenvalue weighted by molar-refractivity contribution is 6.29. The number of aromatic nitrogens is 1. The largest absolute Gasteiger partial charge is 0.326 e. The number of pyridine rings is 1. The fourth-order valence-electron chi connectivity index (χ4n) is 1.07. The average Bonchev–Trinajstić information content (AvgIpc) is 2.85. The summed E-state index contributed by atoms with van der Waals surface area (Å²) in [6.07, 6.45) is 3.58. The van der Waals surface area contributed by atoms with Gasteiger partial charge in [-0.15, -0.1) is 0 Å². The number of halogens is 1. The van der Waals surface area contributed by atoms with Crippen LogP contribution < -0.4 is 5.32 Å². The summed E-state index contributed by atoms with van der Waals surface area (Å²) in [7, 11) is 0. The molecule has 0 unspecified atom stereocenters. The topological polar surface area (TPSA) is 42.0 Å². The molecule has 0 radical (unpaired) electrons. The van der Waals surface area contributed by atoms with Crippen LogP contribution in [-0.2, 0) is 4.79 Å². The molecule has 0 spiro atoms. The maximum atomic E-state index is 11.3. The lowest BCUT2D eigenvalue weighted by molar-refractivity contribution is -0.117. The van der Waals surface area contributed by atoms with Crippen LogP contribution >= 0.6 is 11.6 Å². The van der Waals surface area contributed by atoms with E-state index >= 15 is 0 Å². The fourth-order valence-corrected chi connectivity index (χ4v) is 1.24. The number of nitrogens with zero attached hydrogens (tertiary/aromatic N) is 1. The van der Waals surface area contributed by atoms with Gasteiger partial charge in [-0.05, 0) is 25.0 Å². The van der Waals surface area contributed by atoms with Gasteiger partial charge >= 0.3 is 0 Å². The molecule has 2 rings (SSSR count). The molecule has 1 fully saturated rings. The van der Waals surface area contributed by atoms with Crippen molar-refractivity contribution in [1.29, 1.82) is 0 Å². The Morgan fingerprint density at radius 1 is 1.62 bits per heavy atom. The van der Waals surface area contributed by atoms with E-state index in [1.54, 1.807) is 18.3 Å². The van der Waals surface area contributed by atoms with Crippen molar-refractivity contribution in [2.24, 2.45) is 5.92 Å². The van der Waals surface area contributed by atoms with Crippen LogP contribution in [0.15, 0.2) is 18.3 Å². The van der Waals surface area contributed by atoms with Gasteiger partial charge < -0.3 is 5.32 Å². The lowest BCUT2D eigenvalue weighted by Crippen LogP contribution is -2.13. The molecule has 1 saturated carbocycles. The maximum absolute atomic E-state index is 11.3. The Balaban J connectivity index is 2.04. The van der Waals surface area contributed by atoms with Crippen molar-refractivity contribution in [3.05, 3.63) is 23.5 Å². The molecule has 1 heterocycles. The molecule has 3 nitrogen and oxygen atoms in total. The first-order chi connectivity index (χ1) is 6.25. The van der Waals surface area contributed by atoms with Gasteiger partial charge in [-0.25, -0.2) is 4.98 Å². The lowest BCUT2D eigenvalue weighted by atomic mass is 10.3. The molecule has 1 aliphatic rings. The molecule has 4 heteroatoms. The minimum atomic E-state index is 0.0854. The SMILES string of the molecule is O=C(Nc1ccnc(Cl)c1)C1CC1. The highest BCUT2D eigenvalue weighted by atomic mass is 35.5. The highest BCUT2D eigenvalue weighted by Gasteiger charge is 2.29. The molecule has 1 aromatic heterocycles. The minimum Gasteiger partial charge on any atom is -0.326 e. The Morgan fingerprint density at radius 3 is 3.00 bits per heavy atom. The number of carbonyl (C=O) groups excluding carboxylic acids is 1. The van der Waals surface area contributed by atoms with E-state index in [1.165, 1.54) is 0 Å². The van der Waals surface area contributed by atoms with Gasteiger partial charge in [0.2, 0.25) is 5.91 Å². The van der Waals surface area contributed by atoms with E-state index in [4.69, 9.17) is 11.6 Å². The van der Waals surface area contributed by atoms with E-state index in [0.717, 1.165) is 18.5 Å². The zero-order valence-corrected chi connectivity index (χ0v) is 7.71. The van der Waals surface area contributed by atoms with Crippen molar-refractivity contribution < 1.29 is 4.79 Å². The van der Waals surface area contributed by atoms with E-state index in [-0.39, 0.29) is 11.8 Å². The molecule has 1 aliphatic carbocycles. The third kappa shape index (κ3) is 2.18. The van der Waals surface area contributed by atoms with Crippen molar-refractivity contribution in [1.82, 2.24) is 4.98 Å². The third-order valence-electron chi connectivity index (χ3n) is 1.94. The van der Waals surface area contributed by atoms with Crippen molar-refractivity contribution in [3.63, 3.8) is 0 Å². The Bertz CT molecular complexity index is 336. The first-order valence-electron chi connectivity index (χ1n) is 4.18. The van der Waals surface area contributed by atoms with E-state index < -0.39 is 0 Å². The maximum Gasteiger partial charge on any atom is 0.227 e. The number of nitrogens with one attached hydrogen (secondary N) is 1. The molecule has 0 atom stereocenters. The van der Waals surface area contributed by atoms with Crippen molar-refractivity contribution >= 4 is 23.2 Å². The number of hydrogen-bond donors (Lipinski definition) is 1. The number of rotatable bonds is 2. The van der Waals surface area contributed by atoms with E-state index in [1.807, 2.05) is 0 Å². The molecule has 1 aromatic rings. The van der Waals surface area contributed by atoms with Crippen LogP contribution in [0, 0.1) is 5.92 Å². The second-order valence-corrected chi connectivity index (χ2v) is 3.52. The monoisotopic (exact) mass is 196 g/mol. The van der Waals surface area contributed by atoms with E-state index in [2.05, 4.69) is 10.3 Å². The third-order valence-corrected chi connectivity index (χ3v) is 2.15. The lowest BCUT2D eigenvalue weighted by Gasteiger charge is -2.02. The van der Waals surface area contributed by atoms with Crippen LogP contribution in [0.4, 0.5) is 5.69 Å². The zero-order valence-electron chi connectivity index (χ0n) is 6.96. The molecule has 0 saturated heterocycles. The predicted molar refractivity (Wildman–Crippen MR) is 50.6 cm³/mol. The summed E-state index contributed by atoms with van der Waals surface area (Å²) in [6.45, 7) is 0. The van der Waals surface area contributed by atoms with Gasteiger partial charge in [0.05, 0.1) is 0 Å². The highest BCUT2D eigenvalue weighted by Crippen LogP contribution is 2.30. The van der Waals surface area contributed by atoms with E-state index in [0.29, 0.717) is 5.15 Å². The summed E-state index contributed by atoms with van der Waals surface area (Å²) >= 11 is 5.66. The van der Waals surface area contributed by atoms with Crippen LogP contribution in [0.2, 0.25) is 5.15 Å². The molecular weight excluding hydrogens is 188 g/mol. The molecule has 68 valence electrons. The number of hydrogen-bond acceptors (Lipinski definition) is 2. The molecule has 0 bridgehead atoms. The summed E-state index contributed by atoms with van der Waals surface area (Å²) in [4.78, 5) is 15.1. The summed E-state index contributed by atoms with van der Waals surface area (Å²) < 4.78 is 0. The number of amides is 1. The van der Waals surface area contributed by atoms with Crippen LogP contribution in [-0.4, -0.2) is 10.9 Å². The average molecular weight is 197 g/mol. The van der Waals surface area contributed by atoms with Gasteiger partial charge in [-0.1, -0.05) is 11.6 Å². The summed E-state index contributed by atoms with van der Waals surface area (Å²) in [6, 6.07) is 3.37. The minimum absolute atomic E-state index is 0.0854. The molecule has 1 amide bonds. The number of carbonyl (C=O) groups is 1. The first kappa shape index (κ1) is 8.51. The Labute approximate surface area is 81.1 Å². The number of anilines is 1. The van der Waals surface area contributed by atoms with Crippen molar-refractivity contribution in [2.75, 3.05) is 5.32 Å². The van der Waals surface area contributed by atoms with Crippen LogP contribution in [0.25, 0.3) is 0 Å². The van der Waals surface area contributed by atoms with E-state index in [9.17, 15) is 4.79 Å². The Hall–Kier alpha value is -1.09. The normalized spacial score (nSPS) is 15.5. The first-order valence-corrected chi connectivity index (χ1v) is 4.56. The van der Waals surface area contributed by atoms with Gasteiger partial charge in [0.15, 0.2) is 0 Å². The smallest absolute Gasteiger partial charge is 0.227 e. The zero-order chi connectivity index (χ0) is 9.26. The van der Waals surface area contributed by atoms with Crippen LogP contribution in [0.1, 0.15) is 12.8 Å². The second kappa shape index (κ2) is 3.34. The second-order valence-electron chi connectivity index (χ2n) is 3.13. The van der Waals surface area contributed by atoms with Gasteiger partial charge in [-0.3, -0.25) is 4.79 Å². The molecular formula is C9H9ClN2O. The Kier molecular flexibility index (Phi) is 2.19. The van der Waals surface area contributed by atoms with Crippen molar-refractivity contribution in [3.8, 4) is 0 Å². The van der Waals surface area contributed by atoms with Crippen LogP contribution in [0.3, 0.4) is 0 Å². The molecule has 0 aromatic carbocycles. The summed E-state index contributed by atoms with van der Waals surface area (Å²) in [5.74, 6) is 0.300. The molecule has 0 aliphatic heterocycles.